The molecule has 0 spiro atoms. The van der Waals surface area contributed by atoms with Gasteiger partial charge >= 0.3 is 0 Å². The first kappa shape index (κ1) is 15.2. The highest BCUT2D eigenvalue weighted by Gasteiger charge is 2.12. The molecule has 4 nitrogen and oxygen atoms in total. The predicted octanol–water partition coefficient (Wildman–Crippen LogP) is 4.75. The van der Waals surface area contributed by atoms with E-state index in [1.54, 1.807) is 36.4 Å². The van der Waals surface area contributed by atoms with Crippen LogP contribution in [0, 0.1) is 0 Å². The van der Waals surface area contributed by atoms with Gasteiger partial charge in [-0.2, -0.15) is 0 Å². The second kappa shape index (κ2) is 6.47. The normalized spacial score (nSPS) is 11.4. The van der Waals surface area contributed by atoms with Crippen molar-refractivity contribution in [2.45, 2.75) is 0 Å². The number of nitrogens with two attached hydrogens (primary N) is 1. The highest BCUT2D eigenvalue weighted by molar-refractivity contribution is 9.10. The maximum atomic E-state index is 8.81. The molecule has 0 aromatic heterocycles. The molecule has 104 valence electrons. The van der Waals surface area contributed by atoms with E-state index in [0.29, 0.717) is 22.1 Å². The Kier molecular flexibility index (Phi) is 4.91. The zero-order chi connectivity index (χ0) is 14.7. The van der Waals surface area contributed by atoms with Gasteiger partial charge in [0.25, 0.3) is 0 Å². The summed E-state index contributed by atoms with van der Waals surface area (Å²) >= 11 is 12.8. The summed E-state index contributed by atoms with van der Waals surface area (Å²) in [6, 6.07) is 10.4. The number of amidine groups is 1. The summed E-state index contributed by atoms with van der Waals surface area (Å²) < 4.78 is 7.39. The van der Waals surface area contributed by atoms with Crippen molar-refractivity contribution in [3.63, 3.8) is 0 Å². The van der Waals surface area contributed by atoms with Crippen molar-refractivity contribution < 1.29 is 9.94 Å². The topological polar surface area (TPSA) is 67.8 Å². The molecule has 3 N–H and O–H groups in total. The summed E-state index contributed by atoms with van der Waals surface area (Å²) in [5.41, 5.74) is 6.09. The van der Waals surface area contributed by atoms with Crippen molar-refractivity contribution in [1.82, 2.24) is 0 Å². The van der Waals surface area contributed by atoms with Gasteiger partial charge in [-0.05, 0) is 36.4 Å². The number of oxime groups is 1. The number of halogens is 3. The molecule has 0 aliphatic rings. The Morgan fingerprint density at radius 2 is 1.70 bits per heavy atom. The first-order valence-electron chi connectivity index (χ1n) is 5.41. The van der Waals surface area contributed by atoms with Crippen LogP contribution in [0.1, 0.15) is 5.56 Å². The van der Waals surface area contributed by atoms with Gasteiger partial charge in [0.2, 0.25) is 0 Å². The Balaban J connectivity index is 2.47. The molecule has 2 aromatic carbocycles. The van der Waals surface area contributed by atoms with Crippen LogP contribution in [0.5, 0.6) is 11.5 Å². The summed E-state index contributed by atoms with van der Waals surface area (Å²) in [7, 11) is 0. The number of nitrogens with zero attached hydrogens (tertiary/aromatic N) is 1. The van der Waals surface area contributed by atoms with E-state index in [9.17, 15) is 0 Å². The van der Waals surface area contributed by atoms with Gasteiger partial charge in [-0.1, -0.05) is 48.6 Å². The van der Waals surface area contributed by atoms with Crippen LogP contribution in [0.4, 0.5) is 0 Å². The van der Waals surface area contributed by atoms with E-state index in [-0.39, 0.29) is 5.84 Å². The van der Waals surface area contributed by atoms with Gasteiger partial charge < -0.3 is 15.7 Å². The molecule has 0 aliphatic heterocycles. The second-order valence-corrected chi connectivity index (χ2v) is 6.04. The minimum absolute atomic E-state index is 0.0429. The van der Waals surface area contributed by atoms with Gasteiger partial charge in [0.15, 0.2) is 5.84 Å². The lowest BCUT2D eigenvalue weighted by Crippen LogP contribution is -2.14. The molecule has 0 bridgehead atoms. The smallest absolute Gasteiger partial charge is 0.173 e. The van der Waals surface area contributed by atoms with E-state index < -0.39 is 0 Å². The monoisotopic (exact) mass is 418 g/mol. The average Bonchev–Trinajstić information content (AvgIpc) is 2.42. The molecule has 7 heteroatoms. The molecule has 0 heterocycles. The highest BCUT2D eigenvalue weighted by Crippen LogP contribution is 2.34. The lowest BCUT2D eigenvalue weighted by molar-refractivity contribution is 0.318. The lowest BCUT2D eigenvalue weighted by Gasteiger charge is -2.12. The van der Waals surface area contributed by atoms with Crippen molar-refractivity contribution in [3.8, 4) is 11.5 Å². The number of benzene rings is 2. The molecule has 0 atom stereocenters. The maximum Gasteiger partial charge on any atom is 0.173 e. The quantitative estimate of drug-likeness (QED) is 0.326. The minimum atomic E-state index is -0.0429. The van der Waals surface area contributed by atoms with E-state index in [4.69, 9.17) is 27.3 Å². The van der Waals surface area contributed by atoms with E-state index >= 15 is 0 Å². The summed E-state index contributed by atoms with van der Waals surface area (Å²) in [6.45, 7) is 0. The standard InChI is InChI=1S/C13H9Br2ClN2O2/c14-7-1-3-9(13(17)18-19)11(5-7)20-12-6-8(15)2-4-10(12)16/h1-6,19H,(H2,17,18). The van der Waals surface area contributed by atoms with Crippen LogP contribution in [0.3, 0.4) is 0 Å². The van der Waals surface area contributed by atoms with Crippen molar-refractivity contribution >= 4 is 49.3 Å². The summed E-state index contributed by atoms with van der Waals surface area (Å²) in [5.74, 6) is 0.847. The van der Waals surface area contributed by atoms with Crippen molar-refractivity contribution in [2.75, 3.05) is 0 Å². The molecule has 2 rings (SSSR count). The highest BCUT2D eigenvalue weighted by atomic mass is 79.9. The molecule has 0 fully saturated rings. The Morgan fingerprint density at radius 3 is 2.35 bits per heavy atom. The Hall–Kier alpha value is -1.24. The Bertz CT molecular complexity index is 677. The van der Waals surface area contributed by atoms with E-state index in [1.165, 1.54) is 0 Å². The van der Waals surface area contributed by atoms with Gasteiger partial charge in [0, 0.05) is 8.95 Å². The Labute approximate surface area is 137 Å². The second-order valence-electron chi connectivity index (χ2n) is 3.80. The molecule has 0 amide bonds. The van der Waals surface area contributed by atoms with Crippen LogP contribution in [0.15, 0.2) is 50.5 Å². The van der Waals surface area contributed by atoms with Gasteiger partial charge in [0.05, 0.1) is 10.6 Å². The third-order valence-corrected chi connectivity index (χ3v) is 3.74. The SMILES string of the molecule is N/C(=N/O)c1ccc(Br)cc1Oc1cc(Br)ccc1Cl. The van der Waals surface area contributed by atoms with E-state index in [1.807, 2.05) is 0 Å². The van der Waals surface area contributed by atoms with E-state index in [2.05, 4.69) is 37.0 Å². The van der Waals surface area contributed by atoms with Crippen molar-refractivity contribution in [3.05, 3.63) is 55.9 Å². The molecular formula is C13H9Br2ClN2O2. The molecule has 0 aliphatic carbocycles. The van der Waals surface area contributed by atoms with Crippen LogP contribution in [0.25, 0.3) is 0 Å². The van der Waals surface area contributed by atoms with Crippen LogP contribution < -0.4 is 10.5 Å². The third kappa shape index (κ3) is 3.45. The molecular weight excluding hydrogens is 411 g/mol. The Morgan fingerprint density at radius 1 is 1.10 bits per heavy atom. The van der Waals surface area contributed by atoms with Crippen LogP contribution in [-0.4, -0.2) is 11.0 Å². The fourth-order valence-corrected chi connectivity index (χ4v) is 2.36. The van der Waals surface area contributed by atoms with Crippen LogP contribution >= 0.6 is 43.5 Å². The summed E-state index contributed by atoms with van der Waals surface area (Å²) in [5, 5.41) is 12.3. The molecule has 0 unspecified atom stereocenters. The number of hydrogen-bond acceptors (Lipinski definition) is 3. The van der Waals surface area contributed by atoms with Crippen molar-refractivity contribution in [2.24, 2.45) is 10.9 Å². The minimum Gasteiger partial charge on any atom is -0.455 e. The van der Waals surface area contributed by atoms with Gasteiger partial charge in [-0.15, -0.1) is 0 Å². The lowest BCUT2D eigenvalue weighted by atomic mass is 10.2. The summed E-state index contributed by atoms with van der Waals surface area (Å²) in [6.07, 6.45) is 0. The van der Waals surface area contributed by atoms with Gasteiger partial charge in [-0.25, -0.2) is 0 Å². The first-order valence-corrected chi connectivity index (χ1v) is 7.38. The zero-order valence-electron chi connectivity index (χ0n) is 9.98. The molecule has 20 heavy (non-hydrogen) atoms. The molecule has 2 aromatic rings. The van der Waals surface area contributed by atoms with Crippen molar-refractivity contribution in [1.29, 1.82) is 0 Å². The molecule has 0 radical (unpaired) electrons. The summed E-state index contributed by atoms with van der Waals surface area (Å²) in [4.78, 5) is 0. The first-order chi connectivity index (χ1) is 9.51. The van der Waals surface area contributed by atoms with Gasteiger partial charge in [-0.3, -0.25) is 0 Å². The largest absolute Gasteiger partial charge is 0.455 e. The zero-order valence-corrected chi connectivity index (χ0v) is 13.9. The molecule has 0 saturated carbocycles. The van der Waals surface area contributed by atoms with Crippen LogP contribution in [0.2, 0.25) is 5.02 Å². The van der Waals surface area contributed by atoms with E-state index in [0.717, 1.165) is 8.95 Å². The fraction of sp³-hybridized carbons (Fsp3) is 0. The maximum absolute atomic E-state index is 8.81. The fourth-order valence-electron chi connectivity index (χ4n) is 1.52. The number of rotatable bonds is 3. The van der Waals surface area contributed by atoms with Gasteiger partial charge in [0.1, 0.15) is 11.5 Å². The third-order valence-electron chi connectivity index (χ3n) is 2.44. The number of ether oxygens (including phenoxy) is 1. The number of hydrogen-bond donors (Lipinski definition) is 2. The predicted molar refractivity (Wildman–Crippen MR) is 85.9 cm³/mol. The molecule has 0 saturated heterocycles. The average molecular weight is 420 g/mol. The van der Waals surface area contributed by atoms with Crippen LogP contribution in [-0.2, 0) is 0 Å².